The Morgan fingerprint density at radius 2 is 1.77 bits per heavy atom. The number of rotatable bonds is 6. The predicted octanol–water partition coefficient (Wildman–Crippen LogP) is 5.59. The van der Waals surface area contributed by atoms with Gasteiger partial charge in [-0.25, -0.2) is 4.79 Å². The summed E-state index contributed by atoms with van der Waals surface area (Å²) in [6.45, 7) is 6.48. The lowest BCUT2D eigenvalue weighted by molar-refractivity contribution is 0.102. The van der Waals surface area contributed by atoms with E-state index >= 15 is 0 Å². The molecule has 3 aromatic carbocycles. The van der Waals surface area contributed by atoms with Gasteiger partial charge in [-0.05, 0) is 53.8 Å². The first-order valence-electron chi connectivity index (χ1n) is 10.3. The van der Waals surface area contributed by atoms with E-state index < -0.39 is 0 Å². The van der Waals surface area contributed by atoms with Gasteiger partial charge in [-0.3, -0.25) is 4.79 Å². The molecule has 6 nitrogen and oxygen atoms in total. The van der Waals surface area contributed by atoms with Crippen LogP contribution in [-0.4, -0.2) is 15.9 Å². The number of aromatic nitrogens is 2. The van der Waals surface area contributed by atoms with Crippen molar-refractivity contribution in [1.29, 1.82) is 0 Å². The van der Waals surface area contributed by atoms with Crippen molar-refractivity contribution in [3.05, 3.63) is 88.3 Å². The van der Waals surface area contributed by atoms with Crippen LogP contribution in [0.5, 0.6) is 11.5 Å². The van der Waals surface area contributed by atoms with E-state index in [1.807, 2.05) is 30.3 Å². The molecule has 0 fully saturated rings. The largest absolute Gasteiger partial charge is 0.455 e. The molecule has 0 atom stereocenters. The van der Waals surface area contributed by atoms with E-state index in [1.54, 1.807) is 30.3 Å². The normalized spacial score (nSPS) is 11.5. The van der Waals surface area contributed by atoms with Crippen LogP contribution in [0, 0.1) is 0 Å². The fourth-order valence-corrected chi connectivity index (χ4v) is 3.37. The lowest BCUT2D eigenvalue weighted by Gasteiger charge is -2.23. The van der Waals surface area contributed by atoms with Crippen LogP contribution in [0.2, 0.25) is 0 Å². The van der Waals surface area contributed by atoms with E-state index in [-0.39, 0.29) is 17.0 Å². The van der Waals surface area contributed by atoms with Crippen LogP contribution in [-0.2, 0) is 5.41 Å². The Kier molecular flexibility index (Phi) is 5.38. The molecule has 6 heteroatoms. The van der Waals surface area contributed by atoms with Gasteiger partial charge in [0.2, 0.25) is 0 Å². The van der Waals surface area contributed by atoms with Gasteiger partial charge in [-0.15, -0.1) is 0 Å². The number of aromatic amines is 2. The summed E-state index contributed by atoms with van der Waals surface area (Å²) in [5.74, 6) is 0.894. The number of benzene rings is 3. The number of fused-ring (bicyclic) bond motifs is 1. The Bertz CT molecular complexity index is 1300. The van der Waals surface area contributed by atoms with Crippen molar-refractivity contribution < 1.29 is 9.53 Å². The van der Waals surface area contributed by atoms with Crippen molar-refractivity contribution in [2.75, 3.05) is 5.32 Å². The molecule has 0 saturated heterocycles. The molecule has 4 rings (SSSR count). The maximum absolute atomic E-state index is 12.8. The number of para-hydroxylation sites is 1. The number of carbonyl (C=O) groups is 1. The summed E-state index contributed by atoms with van der Waals surface area (Å²) >= 11 is 0. The van der Waals surface area contributed by atoms with Gasteiger partial charge in [0, 0.05) is 17.3 Å². The minimum Gasteiger partial charge on any atom is -0.455 e. The average Bonchev–Trinajstić information content (AvgIpc) is 3.15. The molecule has 0 unspecified atom stereocenters. The molecular formula is C25H25N3O3. The number of carbonyl (C=O) groups excluding carboxylic acids is 1. The van der Waals surface area contributed by atoms with Crippen LogP contribution in [0.25, 0.3) is 11.0 Å². The number of imidazole rings is 1. The zero-order valence-corrected chi connectivity index (χ0v) is 17.8. The third kappa shape index (κ3) is 4.38. The lowest BCUT2D eigenvalue weighted by Crippen LogP contribution is -2.18. The number of hydrogen-bond donors (Lipinski definition) is 3. The molecule has 0 saturated carbocycles. The van der Waals surface area contributed by atoms with Gasteiger partial charge in [-0.1, -0.05) is 45.0 Å². The van der Waals surface area contributed by atoms with E-state index in [4.69, 9.17) is 4.74 Å². The van der Waals surface area contributed by atoms with Crippen LogP contribution in [0.1, 0.15) is 43.1 Å². The lowest BCUT2D eigenvalue weighted by atomic mass is 9.81. The van der Waals surface area contributed by atoms with Gasteiger partial charge in [0.1, 0.15) is 11.3 Å². The first kappa shape index (κ1) is 20.5. The fraction of sp³-hybridized carbons (Fsp3) is 0.200. The van der Waals surface area contributed by atoms with Gasteiger partial charge >= 0.3 is 5.69 Å². The van der Waals surface area contributed by atoms with Gasteiger partial charge in [0.05, 0.1) is 5.52 Å². The van der Waals surface area contributed by atoms with Crippen molar-refractivity contribution in [1.82, 2.24) is 9.97 Å². The van der Waals surface area contributed by atoms with Crippen molar-refractivity contribution in [3.63, 3.8) is 0 Å². The molecule has 158 valence electrons. The highest BCUT2D eigenvalue weighted by Gasteiger charge is 2.19. The summed E-state index contributed by atoms with van der Waals surface area (Å²) in [5.41, 5.74) is 3.34. The number of hydrogen-bond acceptors (Lipinski definition) is 3. The van der Waals surface area contributed by atoms with Crippen molar-refractivity contribution >= 4 is 22.6 Å². The average molecular weight is 415 g/mol. The second-order valence-corrected chi connectivity index (χ2v) is 8.16. The minimum absolute atomic E-state index is 0.00423. The van der Waals surface area contributed by atoms with E-state index in [2.05, 4.69) is 42.1 Å². The Labute approximate surface area is 180 Å². The second-order valence-electron chi connectivity index (χ2n) is 8.16. The van der Waals surface area contributed by atoms with E-state index in [0.29, 0.717) is 33.8 Å². The van der Waals surface area contributed by atoms with Crippen LogP contribution < -0.4 is 15.7 Å². The number of nitrogens with one attached hydrogen (secondary N) is 3. The topological polar surface area (TPSA) is 87.0 Å². The smallest absolute Gasteiger partial charge is 0.323 e. The predicted molar refractivity (Wildman–Crippen MR) is 123 cm³/mol. The summed E-state index contributed by atoms with van der Waals surface area (Å²) in [7, 11) is 0. The Balaban J connectivity index is 1.54. The summed E-state index contributed by atoms with van der Waals surface area (Å²) < 4.78 is 5.97. The Morgan fingerprint density at radius 3 is 2.58 bits per heavy atom. The molecular weight excluding hydrogens is 390 g/mol. The van der Waals surface area contributed by atoms with Crippen molar-refractivity contribution in [3.8, 4) is 11.5 Å². The number of H-pyrrole nitrogens is 2. The molecule has 4 aromatic rings. The quantitative estimate of drug-likeness (QED) is 0.384. The molecule has 0 aliphatic rings. The van der Waals surface area contributed by atoms with Gasteiger partial charge in [-0.2, -0.15) is 0 Å². The van der Waals surface area contributed by atoms with Crippen LogP contribution in [0.15, 0.2) is 71.5 Å². The number of amides is 1. The number of anilines is 1. The molecule has 0 aliphatic carbocycles. The van der Waals surface area contributed by atoms with Crippen LogP contribution in [0.4, 0.5) is 5.69 Å². The monoisotopic (exact) mass is 415 g/mol. The summed E-state index contributed by atoms with van der Waals surface area (Å²) in [5, 5.41) is 2.94. The Morgan fingerprint density at radius 1 is 1.00 bits per heavy atom. The van der Waals surface area contributed by atoms with Crippen LogP contribution in [0.3, 0.4) is 0 Å². The Hall–Kier alpha value is -3.80. The summed E-state index contributed by atoms with van der Waals surface area (Å²) in [6, 6.07) is 20.3. The van der Waals surface area contributed by atoms with Crippen molar-refractivity contribution in [2.24, 2.45) is 0 Å². The van der Waals surface area contributed by atoms with E-state index in [0.717, 1.165) is 12.0 Å². The zero-order valence-electron chi connectivity index (χ0n) is 17.8. The third-order valence-electron chi connectivity index (χ3n) is 5.62. The molecule has 1 heterocycles. The molecule has 0 bridgehead atoms. The highest BCUT2D eigenvalue weighted by atomic mass is 16.5. The molecule has 1 aromatic heterocycles. The molecule has 1 amide bonds. The van der Waals surface area contributed by atoms with Gasteiger partial charge in [0.25, 0.3) is 5.91 Å². The summed E-state index contributed by atoms with van der Waals surface area (Å²) in [6.07, 6.45) is 0.983. The summed E-state index contributed by atoms with van der Waals surface area (Å²) in [4.78, 5) is 29.9. The standard InChI is InChI=1S/C25H25N3O3/c1-4-25(2,3)17-9-5-8-16(14-17)23(29)26-18-10-6-11-19(15-18)31-21-13-7-12-20-22(21)28-24(30)27-20/h5-15H,4H2,1-3H3,(H,26,29)(H2,27,28,30). The van der Waals surface area contributed by atoms with Gasteiger partial charge < -0.3 is 20.0 Å². The van der Waals surface area contributed by atoms with Crippen molar-refractivity contribution in [2.45, 2.75) is 32.6 Å². The molecule has 31 heavy (non-hydrogen) atoms. The highest BCUT2D eigenvalue weighted by molar-refractivity contribution is 6.04. The number of ether oxygens (including phenoxy) is 1. The fourth-order valence-electron chi connectivity index (χ4n) is 3.37. The molecule has 3 N–H and O–H groups in total. The second kappa shape index (κ2) is 8.14. The van der Waals surface area contributed by atoms with Gasteiger partial charge in [0.15, 0.2) is 5.75 Å². The van der Waals surface area contributed by atoms with E-state index in [1.165, 1.54) is 0 Å². The highest BCUT2D eigenvalue weighted by Crippen LogP contribution is 2.30. The van der Waals surface area contributed by atoms with Crippen LogP contribution >= 0.6 is 0 Å². The maximum atomic E-state index is 12.8. The third-order valence-corrected chi connectivity index (χ3v) is 5.62. The first-order valence-corrected chi connectivity index (χ1v) is 10.3. The maximum Gasteiger partial charge on any atom is 0.323 e. The first-order chi connectivity index (χ1) is 14.9. The molecule has 0 aliphatic heterocycles. The molecule has 0 radical (unpaired) electrons. The molecule has 0 spiro atoms. The van der Waals surface area contributed by atoms with E-state index in [9.17, 15) is 9.59 Å². The minimum atomic E-state index is -0.291. The SMILES string of the molecule is CCC(C)(C)c1cccc(C(=O)Nc2cccc(Oc3cccc4[nH]c(=O)[nH]c34)c2)c1. The zero-order chi connectivity index (χ0) is 22.0.